The first-order valence-corrected chi connectivity index (χ1v) is 7.26. The third-order valence-electron chi connectivity index (χ3n) is 3.22. The summed E-state index contributed by atoms with van der Waals surface area (Å²) in [6, 6.07) is 8.66. The lowest BCUT2D eigenvalue weighted by Gasteiger charge is -2.05. The van der Waals surface area contributed by atoms with Crippen molar-refractivity contribution in [2.45, 2.75) is 6.92 Å². The molecule has 106 valence electrons. The highest BCUT2D eigenvalue weighted by atomic mass is 35.5. The number of nitrogens with zero attached hydrogens (tertiary/aromatic N) is 1. The van der Waals surface area contributed by atoms with Gasteiger partial charge in [-0.2, -0.15) is 0 Å². The van der Waals surface area contributed by atoms with Crippen molar-refractivity contribution >= 4 is 57.8 Å². The molecular formula is C15H9Cl3N2O. The van der Waals surface area contributed by atoms with E-state index in [0.717, 1.165) is 5.56 Å². The van der Waals surface area contributed by atoms with Crippen LogP contribution in [0.5, 0.6) is 0 Å². The number of hydrogen-bond acceptors (Lipinski definition) is 2. The van der Waals surface area contributed by atoms with E-state index >= 15 is 0 Å². The van der Waals surface area contributed by atoms with Crippen LogP contribution in [0.3, 0.4) is 0 Å². The molecule has 1 aliphatic heterocycles. The highest BCUT2D eigenvalue weighted by molar-refractivity contribution is 6.57. The zero-order valence-electron chi connectivity index (χ0n) is 10.9. The zero-order chi connectivity index (χ0) is 15.1. The average Bonchev–Trinajstić information content (AvgIpc) is 2.78. The van der Waals surface area contributed by atoms with Gasteiger partial charge in [-0.1, -0.05) is 46.9 Å². The SMILES string of the molecule is Cc1ccc(Cl)c2c1NC(=O)C2=Nc1cccc(Cl)c1Cl. The Labute approximate surface area is 136 Å². The van der Waals surface area contributed by atoms with Crippen LogP contribution in [0.15, 0.2) is 35.3 Å². The third-order valence-corrected chi connectivity index (χ3v) is 4.34. The van der Waals surface area contributed by atoms with Crippen molar-refractivity contribution in [1.82, 2.24) is 0 Å². The van der Waals surface area contributed by atoms with Crippen molar-refractivity contribution in [3.63, 3.8) is 0 Å². The molecule has 0 aliphatic carbocycles. The number of aryl methyl sites for hydroxylation is 1. The van der Waals surface area contributed by atoms with Crippen LogP contribution in [0.1, 0.15) is 11.1 Å². The van der Waals surface area contributed by atoms with Gasteiger partial charge in [-0.25, -0.2) is 4.99 Å². The van der Waals surface area contributed by atoms with E-state index in [1.807, 2.05) is 13.0 Å². The van der Waals surface area contributed by atoms with Crippen molar-refractivity contribution in [3.05, 3.63) is 56.5 Å². The summed E-state index contributed by atoms with van der Waals surface area (Å²) in [5, 5.41) is 3.93. The fourth-order valence-corrected chi connectivity index (χ4v) is 2.75. The number of carbonyl (C=O) groups excluding carboxylic acids is 1. The molecule has 1 heterocycles. The highest BCUT2D eigenvalue weighted by Crippen LogP contribution is 2.37. The fourth-order valence-electron chi connectivity index (χ4n) is 2.17. The summed E-state index contributed by atoms with van der Waals surface area (Å²) in [5.74, 6) is -0.308. The van der Waals surface area contributed by atoms with E-state index in [4.69, 9.17) is 34.8 Å². The van der Waals surface area contributed by atoms with Crippen molar-refractivity contribution < 1.29 is 4.79 Å². The molecule has 1 aliphatic rings. The molecule has 0 atom stereocenters. The lowest BCUT2D eigenvalue weighted by Crippen LogP contribution is -2.14. The summed E-state index contributed by atoms with van der Waals surface area (Å²) < 4.78 is 0. The van der Waals surface area contributed by atoms with Gasteiger partial charge in [0, 0.05) is 5.56 Å². The van der Waals surface area contributed by atoms with E-state index in [-0.39, 0.29) is 11.6 Å². The largest absolute Gasteiger partial charge is 0.320 e. The summed E-state index contributed by atoms with van der Waals surface area (Å²) >= 11 is 18.3. The van der Waals surface area contributed by atoms with E-state index in [1.165, 1.54) is 0 Å². The fraction of sp³-hybridized carbons (Fsp3) is 0.0667. The number of nitrogens with one attached hydrogen (secondary N) is 1. The molecule has 21 heavy (non-hydrogen) atoms. The van der Waals surface area contributed by atoms with E-state index < -0.39 is 0 Å². The minimum absolute atomic E-state index is 0.239. The number of amides is 1. The first kappa shape index (κ1) is 14.4. The van der Waals surface area contributed by atoms with Gasteiger partial charge < -0.3 is 5.32 Å². The van der Waals surface area contributed by atoms with Crippen molar-refractivity contribution in [2.75, 3.05) is 5.32 Å². The maximum atomic E-state index is 12.2. The predicted octanol–water partition coefficient (Wildman–Crippen LogP) is 5.03. The number of benzene rings is 2. The van der Waals surface area contributed by atoms with Crippen LogP contribution in [0, 0.1) is 6.92 Å². The van der Waals surface area contributed by atoms with E-state index in [1.54, 1.807) is 24.3 Å². The smallest absolute Gasteiger partial charge is 0.275 e. The molecule has 6 heteroatoms. The Morgan fingerprint density at radius 3 is 2.57 bits per heavy atom. The van der Waals surface area contributed by atoms with Gasteiger partial charge in [0.05, 0.1) is 26.4 Å². The summed E-state index contributed by atoms with van der Waals surface area (Å²) in [4.78, 5) is 16.5. The molecule has 3 nitrogen and oxygen atoms in total. The van der Waals surface area contributed by atoms with Crippen molar-refractivity contribution in [2.24, 2.45) is 4.99 Å². The molecule has 0 aromatic heterocycles. The molecule has 0 saturated heterocycles. The van der Waals surface area contributed by atoms with Crippen LogP contribution < -0.4 is 5.32 Å². The Balaban J connectivity index is 2.22. The molecule has 0 bridgehead atoms. The second kappa shape index (κ2) is 5.34. The van der Waals surface area contributed by atoms with Crippen LogP contribution in [0.4, 0.5) is 11.4 Å². The second-order valence-corrected chi connectivity index (χ2v) is 5.79. The molecule has 0 spiro atoms. The molecule has 2 aromatic carbocycles. The van der Waals surface area contributed by atoms with Crippen LogP contribution in [0.25, 0.3) is 0 Å². The van der Waals surface area contributed by atoms with Gasteiger partial charge in [0.25, 0.3) is 5.91 Å². The first-order valence-electron chi connectivity index (χ1n) is 6.12. The molecule has 0 saturated carbocycles. The Kier molecular flexibility index (Phi) is 3.66. The van der Waals surface area contributed by atoms with Gasteiger partial charge in [-0.05, 0) is 30.7 Å². The van der Waals surface area contributed by atoms with Crippen molar-refractivity contribution in [1.29, 1.82) is 0 Å². The van der Waals surface area contributed by atoms with E-state index in [2.05, 4.69) is 10.3 Å². The molecule has 3 rings (SSSR count). The standard InChI is InChI=1S/C15H9Cl3N2O/c1-7-5-6-8(16)11-13(7)20-15(21)14(11)19-10-4-2-3-9(17)12(10)18/h2-6H,1H3,(H,19,20,21). The number of carbonyl (C=O) groups is 1. The minimum Gasteiger partial charge on any atom is -0.320 e. The number of hydrogen-bond donors (Lipinski definition) is 1. The Hall–Kier alpha value is -1.55. The second-order valence-electron chi connectivity index (χ2n) is 4.60. The lowest BCUT2D eigenvalue weighted by molar-refractivity contribution is -0.110. The molecule has 1 N–H and O–H groups in total. The van der Waals surface area contributed by atoms with Gasteiger partial charge in [0.1, 0.15) is 5.71 Å². The normalized spacial score (nSPS) is 15.2. The number of rotatable bonds is 1. The average molecular weight is 340 g/mol. The van der Waals surface area contributed by atoms with E-state index in [0.29, 0.717) is 32.0 Å². The number of anilines is 1. The van der Waals surface area contributed by atoms with Gasteiger partial charge in [0.2, 0.25) is 0 Å². The highest BCUT2D eigenvalue weighted by Gasteiger charge is 2.30. The molecule has 0 fully saturated rings. The number of fused-ring (bicyclic) bond motifs is 1. The van der Waals surface area contributed by atoms with Crippen LogP contribution in [0.2, 0.25) is 15.1 Å². The summed E-state index contributed by atoms with van der Waals surface area (Å²) in [7, 11) is 0. The summed E-state index contributed by atoms with van der Waals surface area (Å²) in [6.07, 6.45) is 0. The van der Waals surface area contributed by atoms with Gasteiger partial charge in [-0.15, -0.1) is 0 Å². The van der Waals surface area contributed by atoms with Crippen LogP contribution in [-0.4, -0.2) is 11.6 Å². The minimum atomic E-state index is -0.308. The van der Waals surface area contributed by atoms with Gasteiger partial charge in [-0.3, -0.25) is 4.79 Å². The Bertz CT molecular complexity index is 800. The Morgan fingerprint density at radius 2 is 1.81 bits per heavy atom. The lowest BCUT2D eigenvalue weighted by atomic mass is 10.1. The zero-order valence-corrected chi connectivity index (χ0v) is 13.1. The topological polar surface area (TPSA) is 41.5 Å². The quantitative estimate of drug-likeness (QED) is 0.778. The van der Waals surface area contributed by atoms with Gasteiger partial charge in [0.15, 0.2) is 0 Å². The van der Waals surface area contributed by atoms with E-state index in [9.17, 15) is 4.79 Å². The van der Waals surface area contributed by atoms with Crippen LogP contribution >= 0.6 is 34.8 Å². The maximum absolute atomic E-state index is 12.2. The molecule has 1 amide bonds. The maximum Gasteiger partial charge on any atom is 0.275 e. The molecule has 2 aromatic rings. The number of halogens is 3. The predicted molar refractivity (Wildman–Crippen MR) is 87.5 cm³/mol. The first-order chi connectivity index (χ1) is 9.99. The summed E-state index contributed by atoms with van der Waals surface area (Å²) in [5.41, 5.74) is 2.87. The van der Waals surface area contributed by atoms with Crippen LogP contribution in [-0.2, 0) is 4.79 Å². The molecular weight excluding hydrogens is 331 g/mol. The molecule has 0 radical (unpaired) electrons. The summed E-state index contributed by atoms with van der Waals surface area (Å²) in [6.45, 7) is 1.89. The third kappa shape index (κ3) is 2.42. The number of aliphatic imine (C=N–C) groups is 1. The molecule has 0 unspecified atom stereocenters. The Morgan fingerprint density at radius 1 is 1.05 bits per heavy atom. The van der Waals surface area contributed by atoms with Crippen molar-refractivity contribution in [3.8, 4) is 0 Å². The van der Waals surface area contributed by atoms with Gasteiger partial charge >= 0.3 is 0 Å². The monoisotopic (exact) mass is 338 g/mol.